The summed E-state index contributed by atoms with van der Waals surface area (Å²) >= 11 is 0. The third kappa shape index (κ3) is 9.25. The van der Waals surface area contributed by atoms with Crippen LogP contribution in [0.5, 0.6) is 11.5 Å². The van der Waals surface area contributed by atoms with Gasteiger partial charge in [0.15, 0.2) is 0 Å². The van der Waals surface area contributed by atoms with E-state index in [4.69, 9.17) is 28.4 Å². The van der Waals surface area contributed by atoms with Gasteiger partial charge in [-0.2, -0.15) is 0 Å². The molecule has 2 aliphatic rings. The van der Waals surface area contributed by atoms with Crippen LogP contribution in [0.15, 0.2) is 48.5 Å². The lowest BCUT2D eigenvalue weighted by Crippen LogP contribution is -2.47. The predicted octanol–water partition coefficient (Wildman–Crippen LogP) is 6.38. The van der Waals surface area contributed by atoms with Crippen molar-refractivity contribution < 1.29 is 47.6 Å². The summed E-state index contributed by atoms with van der Waals surface area (Å²) in [4.78, 5) is 57.7. The Morgan fingerprint density at radius 2 is 0.769 bits per heavy atom. The minimum atomic E-state index is -1.26. The summed E-state index contributed by atoms with van der Waals surface area (Å²) in [5.74, 6) is -3.61. The van der Waals surface area contributed by atoms with E-state index in [1.165, 1.54) is 0 Å². The quantitative estimate of drug-likeness (QED) is 0.0854. The number of carbonyl (C=O) groups is 4. The lowest BCUT2D eigenvalue weighted by Gasteiger charge is -2.32. The van der Waals surface area contributed by atoms with Crippen molar-refractivity contribution in [1.29, 1.82) is 0 Å². The zero-order valence-electron chi connectivity index (χ0n) is 31.5. The average molecular weight is 725 g/mol. The number of carbonyl (C=O) groups excluding carboxylic acids is 4. The molecule has 52 heavy (non-hydrogen) atoms. The van der Waals surface area contributed by atoms with E-state index in [1.54, 1.807) is 72.8 Å². The van der Waals surface area contributed by atoms with Gasteiger partial charge in [0.2, 0.25) is 0 Å². The third-order valence-corrected chi connectivity index (χ3v) is 9.68. The van der Waals surface area contributed by atoms with Crippen LogP contribution in [0.1, 0.15) is 102 Å². The van der Waals surface area contributed by atoms with Crippen LogP contribution >= 0.6 is 0 Å². The number of benzene rings is 2. The van der Waals surface area contributed by atoms with Gasteiger partial charge >= 0.3 is 23.9 Å². The number of hydrogen-bond acceptors (Lipinski definition) is 12. The number of hydrazine groups is 1. The van der Waals surface area contributed by atoms with E-state index in [1.807, 2.05) is 27.7 Å². The van der Waals surface area contributed by atoms with Crippen molar-refractivity contribution in [3.05, 3.63) is 59.7 Å². The maximum atomic E-state index is 14.5. The van der Waals surface area contributed by atoms with Crippen LogP contribution in [0, 0.1) is 11.8 Å². The first-order chi connectivity index (χ1) is 25.3. The second-order valence-electron chi connectivity index (χ2n) is 13.2. The first-order valence-corrected chi connectivity index (χ1v) is 18.8. The molecule has 0 amide bonds. The van der Waals surface area contributed by atoms with Crippen LogP contribution in [0.2, 0.25) is 0 Å². The van der Waals surface area contributed by atoms with Crippen molar-refractivity contribution in [2.75, 3.05) is 40.6 Å². The third-order valence-electron chi connectivity index (χ3n) is 9.68. The molecule has 0 saturated carbocycles. The van der Waals surface area contributed by atoms with Gasteiger partial charge in [-0.05, 0) is 61.1 Å². The van der Waals surface area contributed by atoms with Crippen LogP contribution < -0.4 is 9.47 Å². The summed E-state index contributed by atoms with van der Waals surface area (Å²) < 4.78 is 34.4. The monoisotopic (exact) mass is 724 g/mol. The molecule has 0 N–H and O–H groups in total. The summed E-state index contributed by atoms with van der Waals surface area (Å²) in [6.07, 6.45) is 5.69. The van der Waals surface area contributed by atoms with Crippen molar-refractivity contribution in [2.45, 2.75) is 103 Å². The van der Waals surface area contributed by atoms with Gasteiger partial charge in [-0.25, -0.2) is 10.0 Å². The number of methoxy groups -OCH3 is 2. The van der Waals surface area contributed by atoms with Gasteiger partial charge in [0.05, 0.1) is 52.7 Å². The summed E-state index contributed by atoms with van der Waals surface area (Å²) in [6, 6.07) is 9.85. The SMILES string of the molecule is CCCCOC(=O)[C@H]1[C@@H](c2ccc(OC)cc2)N2[C@@H](C(=O)OCCCC)[C@@H](C(=O)OCCCC)[C@@H](c3ccc(OC)cc3)N2[C@H]1C(=O)OCCCC. The molecule has 0 bridgehead atoms. The number of hydrogen-bond donors (Lipinski definition) is 0. The topological polar surface area (TPSA) is 130 Å². The van der Waals surface area contributed by atoms with E-state index in [0.717, 1.165) is 25.7 Å². The molecule has 12 nitrogen and oxygen atoms in total. The fraction of sp³-hybridized carbons (Fsp3) is 0.600. The van der Waals surface area contributed by atoms with Gasteiger partial charge < -0.3 is 28.4 Å². The molecular weight excluding hydrogens is 668 g/mol. The van der Waals surface area contributed by atoms with Crippen LogP contribution in [-0.2, 0) is 38.1 Å². The molecular formula is C40H56N2O10. The van der Waals surface area contributed by atoms with Crippen molar-refractivity contribution in [3.63, 3.8) is 0 Å². The van der Waals surface area contributed by atoms with E-state index in [2.05, 4.69) is 0 Å². The highest BCUT2D eigenvalue weighted by atomic mass is 16.6. The molecule has 2 saturated heterocycles. The highest BCUT2D eigenvalue weighted by molar-refractivity contribution is 5.90. The van der Waals surface area contributed by atoms with Gasteiger partial charge in [0, 0.05) is 0 Å². The molecule has 0 aliphatic carbocycles. The van der Waals surface area contributed by atoms with E-state index in [-0.39, 0.29) is 26.4 Å². The second kappa shape index (κ2) is 20.2. The molecule has 0 aromatic heterocycles. The summed E-state index contributed by atoms with van der Waals surface area (Å²) in [6.45, 7) is 8.57. The fourth-order valence-corrected chi connectivity index (χ4v) is 6.90. The van der Waals surface area contributed by atoms with Gasteiger partial charge in [-0.15, -0.1) is 0 Å². The molecule has 2 aromatic carbocycles. The van der Waals surface area contributed by atoms with E-state index in [9.17, 15) is 19.2 Å². The molecule has 2 heterocycles. The maximum absolute atomic E-state index is 14.5. The molecule has 4 rings (SSSR count). The van der Waals surface area contributed by atoms with Crippen molar-refractivity contribution >= 4 is 23.9 Å². The number of unbranched alkanes of at least 4 members (excludes halogenated alkanes) is 4. The van der Waals surface area contributed by atoms with Crippen LogP contribution in [0.25, 0.3) is 0 Å². The number of fused-ring (bicyclic) bond motifs is 1. The van der Waals surface area contributed by atoms with E-state index < -0.39 is 59.9 Å². The Balaban J connectivity index is 2.01. The van der Waals surface area contributed by atoms with Crippen molar-refractivity contribution in [1.82, 2.24) is 10.0 Å². The highest BCUT2D eigenvalue weighted by Gasteiger charge is 2.69. The number of nitrogens with zero attached hydrogens (tertiary/aromatic N) is 2. The Labute approximate surface area is 308 Å². The molecule has 2 aromatic rings. The first kappa shape index (κ1) is 40.6. The van der Waals surface area contributed by atoms with Crippen LogP contribution in [0.4, 0.5) is 0 Å². The molecule has 0 radical (unpaired) electrons. The first-order valence-electron chi connectivity index (χ1n) is 18.8. The maximum Gasteiger partial charge on any atom is 0.325 e. The largest absolute Gasteiger partial charge is 0.497 e. The zero-order chi connectivity index (χ0) is 37.6. The number of ether oxygens (including phenoxy) is 6. The predicted molar refractivity (Wildman–Crippen MR) is 193 cm³/mol. The summed E-state index contributed by atoms with van der Waals surface area (Å²) in [7, 11) is 3.11. The number of esters is 4. The average Bonchev–Trinajstić information content (AvgIpc) is 3.68. The molecule has 286 valence electrons. The zero-order valence-corrected chi connectivity index (χ0v) is 31.5. The molecule has 2 fully saturated rings. The Morgan fingerprint density at radius 1 is 0.481 bits per heavy atom. The van der Waals surface area contributed by atoms with Crippen LogP contribution in [0.3, 0.4) is 0 Å². The smallest absolute Gasteiger partial charge is 0.325 e. The Morgan fingerprint density at radius 3 is 1.04 bits per heavy atom. The molecule has 2 aliphatic heterocycles. The van der Waals surface area contributed by atoms with E-state index in [0.29, 0.717) is 48.3 Å². The Bertz CT molecular complexity index is 1340. The normalized spacial score (nSPS) is 22.7. The van der Waals surface area contributed by atoms with Crippen molar-refractivity contribution in [3.8, 4) is 11.5 Å². The van der Waals surface area contributed by atoms with Crippen LogP contribution in [-0.4, -0.2) is 86.6 Å². The molecule has 6 atom stereocenters. The second-order valence-corrected chi connectivity index (χ2v) is 13.2. The van der Waals surface area contributed by atoms with Gasteiger partial charge in [-0.3, -0.25) is 19.2 Å². The summed E-state index contributed by atoms with van der Waals surface area (Å²) in [5.41, 5.74) is 1.24. The fourth-order valence-electron chi connectivity index (χ4n) is 6.90. The lowest BCUT2D eigenvalue weighted by atomic mass is 9.82. The summed E-state index contributed by atoms with van der Waals surface area (Å²) in [5, 5.41) is 3.41. The minimum absolute atomic E-state index is 0.142. The van der Waals surface area contributed by atoms with Crippen molar-refractivity contribution in [2.24, 2.45) is 11.8 Å². The minimum Gasteiger partial charge on any atom is -0.497 e. The molecule has 12 heteroatoms. The Kier molecular flexibility index (Phi) is 15.8. The number of rotatable bonds is 20. The standard InChI is InChI=1S/C40H56N2O10/c1-7-11-23-49-37(43)31-33(27-15-19-29(47-5)20-16-27)41-36(40(46)52-26-14-10-4)32(38(44)50-24-12-8-2)34(28-17-21-30(48-6)22-18-28)42(41)35(31)39(45)51-25-13-9-3/h15-22,31-36H,7-14,23-26H2,1-6H3/t31-,32-,33+,34+,35+,36+/m0/s1. The van der Waals surface area contributed by atoms with E-state index >= 15 is 0 Å². The highest BCUT2D eigenvalue weighted by Crippen LogP contribution is 2.56. The van der Waals surface area contributed by atoms with Gasteiger partial charge in [0.25, 0.3) is 0 Å². The van der Waals surface area contributed by atoms with Gasteiger partial charge in [-0.1, -0.05) is 77.6 Å². The Hall–Kier alpha value is -4.16. The molecule has 0 spiro atoms. The van der Waals surface area contributed by atoms with Gasteiger partial charge in [0.1, 0.15) is 35.4 Å². The lowest BCUT2D eigenvalue weighted by molar-refractivity contribution is -0.163. The molecule has 0 unspecified atom stereocenters.